The third kappa shape index (κ3) is 10.3. The van der Waals surface area contributed by atoms with E-state index in [9.17, 15) is 9.59 Å². The van der Waals surface area contributed by atoms with Gasteiger partial charge in [-0.3, -0.25) is 4.68 Å². The molecule has 0 aliphatic heterocycles. The number of hydrogen-bond donors (Lipinski definition) is 2. The fourth-order valence-electron chi connectivity index (χ4n) is 3.97. The number of esters is 1. The van der Waals surface area contributed by atoms with Crippen molar-refractivity contribution in [3.63, 3.8) is 0 Å². The minimum absolute atomic E-state index is 0.0284. The second-order valence-corrected chi connectivity index (χ2v) is 12.5. The van der Waals surface area contributed by atoms with Crippen molar-refractivity contribution < 1.29 is 28.5 Å². The molecule has 246 valence electrons. The molecule has 1 aromatic carbocycles. The first-order chi connectivity index (χ1) is 21.1. The number of hydrogen-bond acceptors (Lipinski definition) is 11. The smallest absolute Gasteiger partial charge is 0.419 e. The third-order valence-electron chi connectivity index (χ3n) is 6.32. The topological polar surface area (TPSA) is 156 Å². The largest absolute Gasteiger partial charge is 0.482 e. The molecule has 1 unspecified atom stereocenters. The summed E-state index contributed by atoms with van der Waals surface area (Å²) in [4.78, 5) is 37.5. The monoisotopic (exact) mass is 625 g/mol. The van der Waals surface area contributed by atoms with Crippen molar-refractivity contribution in [3.05, 3.63) is 53.5 Å². The molecular weight excluding hydrogens is 578 g/mol. The Bertz CT molecular complexity index is 1430. The van der Waals surface area contributed by atoms with Gasteiger partial charge in [0.25, 0.3) is 0 Å². The van der Waals surface area contributed by atoms with Crippen LogP contribution >= 0.6 is 0 Å². The molecule has 2 heterocycles. The number of unbranched alkanes of at least 4 members (excludes halogenated alkanes) is 1. The van der Waals surface area contributed by atoms with E-state index in [1.54, 1.807) is 53.3 Å². The van der Waals surface area contributed by atoms with Gasteiger partial charge in [0, 0.05) is 13.6 Å². The van der Waals surface area contributed by atoms with Crippen LogP contribution in [-0.4, -0.2) is 55.8 Å². The third-order valence-corrected chi connectivity index (χ3v) is 6.32. The van der Waals surface area contributed by atoms with Crippen LogP contribution in [0.5, 0.6) is 5.75 Å². The number of ether oxygens (including phenoxy) is 4. The first-order valence-corrected chi connectivity index (χ1v) is 15.0. The maximum absolute atomic E-state index is 13.8. The molecule has 0 aliphatic carbocycles. The number of aromatic nitrogens is 4. The normalized spacial score (nSPS) is 12.4. The van der Waals surface area contributed by atoms with E-state index in [1.165, 1.54) is 6.20 Å². The van der Waals surface area contributed by atoms with Crippen molar-refractivity contribution in [3.8, 4) is 5.75 Å². The molecule has 0 saturated carbocycles. The number of rotatable bonds is 13. The Labute approximate surface area is 265 Å². The van der Waals surface area contributed by atoms with E-state index in [-0.39, 0.29) is 19.2 Å². The standard InChI is InChI=1S/C32H47N7O6/c1-10-11-17-34-26-24(42-20-23-25(33)21(2)38(9)37-23)18-35-29(36-26)39(30(41)45-32(6,7)8)27(44-31(3,4)5)28(40)43-19-22-15-13-12-14-16-22/h12-16,18,27H,10-11,17,19-20,33H2,1-9H3,(H,34,35,36). The van der Waals surface area contributed by atoms with Gasteiger partial charge in [-0.15, -0.1) is 0 Å². The fraction of sp³-hybridized carbons (Fsp3) is 0.531. The van der Waals surface area contributed by atoms with E-state index in [0.29, 0.717) is 29.5 Å². The molecule has 1 atom stereocenters. The Morgan fingerprint density at radius 1 is 1.07 bits per heavy atom. The van der Waals surface area contributed by atoms with E-state index in [2.05, 4.69) is 27.3 Å². The van der Waals surface area contributed by atoms with Crippen molar-refractivity contribution in [2.75, 3.05) is 22.5 Å². The average molecular weight is 626 g/mol. The van der Waals surface area contributed by atoms with Crippen LogP contribution in [0.15, 0.2) is 36.5 Å². The van der Waals surface area contributed by atoms with Crippen LogP contribution in [0.25, 0.3) is 0 Å². The molecule has 3 aromatic rings. The minimum atomic E-state index is -1.57. The number of benzene rings is 1. The first-order valence-electron chi connectivity index (χ1n) is 15.0. The second kappa shape index (κ2) is 15.1. The quantitative estimate of drug-likeness (QED) is 0.140. The zero-order valence-electron chi connectivity index (χ0n) is 27.8. The molecule has 13 nitrogen and oxygen atoms in total. The van der Waals surface area contributed by atoms with Gasteiger partial charge in [0.05, 0.1) is 23.2 Å². The average Bonchev–Trinajstić information content (AvgIpc) is 3.20. The van der Waals surface area contributed by atoms with Crippen LogP contribution in [0.3, 0.4) is 0 Å². The highest BCUT2D eigenvalue weighted by Crippen LogP contribution is 2.29. The molecule has 0 fully saturated rings. The Morgan fingerprint density at radius 2 is 1.76 bits per heavy atom. The van der Waals surface area contributed by atoms with Gasteiger partial charge in [0.1, 0.15) is 24.5 Å². The van der Waals surface area contributed by atoms with E-state index in [1.807, 2.05) is 37.3 Å². The summed E-state index contributed by atoms with van der Waals surface area (Å²) in [6, 6.07) is 9.20. The summed E-state index contributed by atoms with van der Waals surface area (Å²) >= 11 is 0. The highest BCUT2D eigenvalue weighted by atomic mass is 16.6. The highest BCUT2D eigenvalue weighted by Gasteiger charge is 2.41. The van der Waals surface area contributed by atoms with Gasteiger partial charge in [0.2, 0.25) is 12.2 Å². The molecule has 2 aromatic heterocycles. The van der Waals surface area contributed by atoms with Gasteiger partial charge in [-0.2, -0.15) is 10.1 Å². The number of carbonyl (C=O) groups excluding carboxylic acids is 2. The predicted octanol–water partition coefficient (Wildman–Crippen LogP) is 5.52. The number of amides is 1. The SMILES string of the molecule is CCCCNc1nc(N(C(=O)OC(C)(C)C)C(OC(C)(C)C)C(=O)OCc2ccccc2)ncc1OCc1nn(C)c(C)c1N. The molecule has 3 N–H and O–H groups in total. The minimum Gasteiger partial charge on any atom is -0.482 e. The van der Waals surface area contributed by atoms with Crippen molar-refractivity contribution >= 4 is 29.5 Å². The number of anilines is 3. The van der Waals surface area contributed by atoms with E-state index >= 15 is 0 Å². The van der Waals surface area contributed by atoms with Crippen molar-refractivity contribution in [1.82, 2.24) is 19.7 Å². The summed E-state index contributed by atoms with van der Waals surface area (Å²) in [6.45, 7) is 15.0. The van der Waals surface area contributed by atoms with Gasteiger partial charge in [-0.25, -0.2) is 19.5 Å². The zero-order valence-corrected chi connectivity index (χ0v) is 27.8. The van der Waals surface area contributed by atoms with Gasteiger partial charge in [-0.1, -0.05) is 43.7 Å². The van der Waals surface area contributed by atoms with Crippen LogP contribution in [0.4, 0.5) is 22.2 Å². The summed E-state index contributed by atoms with van der Waals surface area (Å²) in [5, 5.41) is 7.68. The van der Waals surface area contributed by atoms with Crippen molar-refractivity contribution in [2.45, 2.75) is 98.9 Å². The molecule has 0 aliphatic rings. The lowest BCUT2D eigenvalue weighted by atomic mass is 10.2. The van der Waals surface area contributed by atoms with Crippen LogP contribution in [0.2, 0.25) is 0 Å². The Balaban J connectivity index is 2.04. The van der Waals surface area contributed by atoms with Crippen molar-refractivity contribution in [2.24, 2.45) is 7.05 Å². The Hall–Kier alpha value is -4.39. The number of aryl methyl sites for hydroxylation is 1. The molecule has 1 amide bonds. The summed E-state index contributed by atoms with van der Waals surface area (Å²) < 4.78 is 25.2. The van der Waals surface area contributed by atoms with E-state index in [0.717, 1.165) is 29.0 Å². The van der Waals surface area contributed by atoms with Gasteiger partial charge >= 0.3 is 12.1 Å². The fourth-order valence-corrected chi connectivity index (χ4v) is 3.97. The second-order valence-electron chi connectivity index (χ2n) is 12.5. The maximum atomic E-state index is 13.8. The lowest BCUT2D eigenvalue weighted by Gasteiger charge is -2.34. The summed E-state index contributed by atoms with van der Waals surface area (Å²) in [5.74, 6) is -0.346. The highest BCUT2D eigenvalue weighted by molar-refractivity contribution is 5.93. The zero-order chi connectivity index (χ0) is 33.4. The lowest BCUT2D eigenvalue weighted by Crippen LogP contribution is -2.52. The van der Waals surface area contributed by atoms with E-state index < -0.39 is 29.5 Å². The Morgan fingerprint density at radius 3 is 2.33 bits per heavy atom. The van der Waals surface area contributed by atoms with Gasteiger partial charge < -0.3 is 30.0 Å². The lowest BCUT2D eigenvalue weighted by molar-refractivity contribution is -0.167. The number of carbonyl (C=O) groups is 2. The molecule has 3 rings (SSSR count). The molecular formula is C32H47N7O6. The van der Waals surface area contributed by atoms with Crippen LogP contribution < -0.4 is 20.7 Å². The van der Waals surface area contributed by atoms with Gasteiger partial charge in [-0.05, 0) is 60.5 Å². The molecule has 45 heavy (non-hydrogen) atoms. The molecule has 13 heteroatoms. The molecule has 0 radical (unpaired) electrons. The maximum Gasteiger partial charge on any atom is 0.419 e. The van der Waals surface area contributed by atoms with Crippen LogP contribution in [0.1, 0.15) is 78.3 Å². The molecule has 0 saturated heterocycles. The van der Waals surface area contributed by atoms with Crippen LogP contribution in [0, 0.1) is 6.92 Å². The Kier molecular flexibility index (Phi) is 11.7. The molecule has 0 bridgehead atoms. The predicted molar refractivity (Wildman–Crippen MR) is 172 cm³/mol. The molecule has 0 spiro atoms. The van der Waals surface area contributed by atoms with E-state index in [4.69, 9.17) is 24.7 Å². The van der Waals surface area contributed by atoms with Crippen LogP contribution in [-0.2, 0) is 39.3 Å². The summed E-state index contributed by atoms with van der Waals surface area (Å²) in [7, 11) is 1.80. The summed E-state index contributed by atoms with van der Waals surface area (Å²) in [5.41, 5.74) is 7.11. The first kappa shape index (κ1) is 35.1. The number of nitrogens with one attached hydrogen (secondary N) is 1. The number of nitrogens with two attached hydrogens (primary N) is 1. The number of nitrogens with zero attached hydrogens (tertiary/aromatic N) is 5. The summed E-state index contributed by atoms with van der Waals surface area (Å²) in [6.07, 6.45) is 0.740. The van der Waals surface area contributed by atoms with Gasteiger partial charge in [0.15, 0.2) is 11.6 Å². The van der Waals surface area contributed by atoms with Crippen molar-refractivity contribution in [1.29, 1.82) is 0 Å². The number of nitrogen functional groups attached to an aromatic ring is 1.